The molecule has 0 saturated heterocycles. The molecule has 3 aromatic rings. The fraction of sp³-hybridized carbons (Fsp3) is 0.200. The molecule has 0 radical (unpaired) electrons. The molecule has 172 valence electrons. The normalized spacial score (nSPS) is 10.8. The van der Waals surface area contributed by atoms with Crippen molar-refractivity contribution < 1.29 is 19.0 Å². The summed E-state index contributed by atoms with van der Waals surface area (Å²) in [4.78, 5) is 12.2. The molecule has 0 aliphatic carbocycles. The van der Waals surface area contributed by atoms with Gasteiger partial charge >= 0.3 is 0 Å². The molecular formula is C25H24ClIN2O4. The van der Waals surface area contributed by atoms with E-state index in [-0.39, 0.29) is 12.3 Å². The number of methoxy groups -OCH3 is 1. The lowest BCUT2D eigenvalue weighted by atomic mass is 10.1. The van der Waals surface area contributed by atoms with Crippen molar-refractivity contribution in [3.05, 3.63) is 85.9 Å². The van der Waals surface area contributed by atoms with Gasteiger partial charge < -0.3 is 14.2 Å². The lowest BCUT2D eigenvalue weighted by Crippen LogP contribution is -2.19. The van der Waals surface area contributed by atoms with Gasteiger partial charge in [0.15, 0.2) is 11.5 Å². The number of hydrazone groups is 1. The van der Waals surface area contributed by atoms with E-state index in [0.29, 0.717) is 29.7 Å². The summed E-state index contributed by atoms with van der Waals surface area (Å²) in [6, 6.07) is 18.6. The Hall–Kier alpha value is -2.78. The molecule has 0 atom stereocenters. The number of hydrogen-bond acceptors (Lipinski definition) is 5. The number of carbonyl (C=O) groups is 1. The van der Waals surface area contributed by atoms with Crippen LogP contribution in [0.15, 0.2) is 65.8 Å². The zero-order chi connectivity index (χ0) is 23.6. The molecule has 0 fully saturated rings. The van der Waals surface area contributed by atoms with Gasteiger partial charge in [-0.1, -0.05) is 41.9 Å². The largest absolute Gasteiger partial charge is 0.497 e. The molecule has 0 aliphatic heterocycles. The quantitative estimate of drug-likeness (QED) is 0.193. The summed E-state index contributed by atoms with van der Waals surface area (Å²) in [5.74, 6) is 1.77. The van der Waals surface area contributed by atoms with Gasteiger partial charge in [-0.3, -0.25) is 4.79 Å². The number of ether oxygens (including phenoxy) is 3. The highest BCUT2D eigenvalue weighted by Crippen LogP contribution is 2.35. The Bertz CT molecular complexity index is 1120. The predicted octanol–water partition coefficient (Wildman–Crippen LogP) is 5.62. The average molecular weight is 579 g/mol. The van der Waals surface area contributed by atoms with Crippen molar-refractivity contribution in [3.63, 3.8) is 0 Å². The molecule has 0 heterocycles. The number of amides is 1. The first-order valence-electron chi connectivity index (χ1n) is 10.3. The lowest BCUT2D eigenvalue weighted by Gasteiger charge is -2.15. The first kappa shape index (κ1) is 24.9. The van der Waals surface area contributed by atoms with Crippen LogP contribution in [-0.2, 0) is 17.8 Å². The third kappa shape index (κ3) is 7.36. The van der Waals surface area contributed by atoms with E-state index in [1.807, 2.05) is 67.6 Å². The molecule has 3 aromatic carbocycles. The van der Waals surface area contributed by atoms with Crippen molar-refractivity contribution >= 4 is 46.3 Å². The van der Waals surface area contributed by atoms with Crippen molar-refractivity contribution in [3.8, 4) is 17.2 Å². The highest BCUT2D eigenvalue weighted by molar-refractivity contribution is 14.1. The fourth-order valence-corrected chi connectivity index (χ4v) is 3.95. The average Bonchev–Trinajstić information content (AvgIpc) is 2.80. The summed E-state index contributed by atoms with van der Waals surface area (Å²) < 4.78 is 17.8. The molecule has 0 unspecified atom stereocenters. The van der Waals surface area contributed by atoms with Crippen LogP contribution in [-0.4, -0.2) is 25.8 Å². The van der Waals surface area contributed by atoms with Crippen LogP contribution in [0.2, 0.25) is 5.02 Å². The summed E-state index contributed by atoms with van der Waals surface area (Å²) >= 11 is 8.42. The van der Waals surface area contributed by atoms with E-state index in [1.54, 1.807) is 13.3 Å². The summed E-state index contributed by atoms with van der Waals surface area (Å²) in [6.45, 7) is 2.72. The summed E-state index contributed by atoms with van der Waals surface area (Å²) in [6.07, 6.45) is 1.80. The van der Waals surface area contributed by atoms with Gasteiger partial charge in [-0.15, -0.1) is 0 Å². The second-order valence-corrected chi connectivity index (χ2v) is 8.53. The molecule has 1 amide bonds. The maximum absolute atomic E-state index is 12.2. The molecule has 0 aromatic heterocycles. The molecule has 0 aliphatic rings. The highest BCUT2D eigenvalue weighted by Gasteiger charge is 2.13. The Labute approximate surface area is 212 Å². The molecule has 33 heavy (non-hydrogen) atoms. The van der Waals surface area contributed by atoms with Crippen molar-refractivity contribution in [2.75, 3.05) is 13.7 Å². The van der Waals surface area contributed by atoms with Crippen LogP contribution in [0.1, 0.15) is 23.6 Å². The standard InChI is InChI=1S/C25H24ClIN2O4/c1-3-32-23-13-18(12-22(27)25(23)33-16-19-6-4-5-7-21(19)26)15-28-29-24(30)14-17-8-10-20(31-2)11-9-17/h4-13,15H,3,14,16H2,1-2H3,(H,29,30)/b28-15-. The summed E-state index contributed by atoms with van der Waals surface area (Å²) in [7, 11) is 1.60. The number of nitrogens with one attached hydrogen (secondary N) is 1. The Balaban J connectivity index is 1.65. The Kier molecular flexibility index (Phi) is 9.38. The number of rotatable bonds is 10. The Morgan fingerprint density at radius 2 is 1.88 bits per heavy atom. The van der Waals surface area contributed by atoms with Gasteiger partial charge in [0.25, 0.3) is 0 Å². The van der Waals surface area contributed by atoms with E-state index in [1.165, 1.54) is 0 Å². The minimum absolute atomic E-state index is 0.212. The first-order chi connectivity index (χ1) is 16.0. The SMILES string of the molecule is CCOc1cc(/C=N\NC(=O)Cc2ccc(OC)cc2)cc(I)c1OCc1ccccc1Cl. The molecule has 3 rings (SSSR count). The topological polar surface area (TPSA) is 69.2 Å². The van der Waals surface area contributed by atoms with Gasteiger partial charge in [0.05, 0.1) is 29.9 Å². The number of hydrogen-bond donors (Lipinski definition) is 1. The maximum atomic E-state index is 12.2. The molecule has 6 nitrogen and oxygen atoms in total. The zero-order valence-corrected chi connectivity index (χ0v) is 21.2. The molecule has 8 heteroatoms. The summed E-state index contributed by atoms with van der Waals surface area (Å²) in [5.41, 5.74) is 5.10. The van der Waals surface area contributed by atoms with Crippen LogP contribution in [0.3, 0.4) is 0 Å². The van der Waals surface area contributed by atoms with Crippen molar-refractivity contribution in [1.82, 2.24) is 5.43 Å². The van der Waals surface area contributed by atoms with E-state index in [2.05, 4.69) is 33.1 Å². The highest BCUT2D eigenvalue weighted by atomic mass is 127. The van der Waals surface area contributed by atoms with E-state index in [4.69, 9.17) is 25.8 Å². The second kappa shape index (κ2) is 12.5. The fourth-order valence-electron chi connectivity index (χ4n) is 2.98. The summed E-state index contributed by atoms with van der Waals surface area (Å²) in [5, 5.41) is 4.73. The van der Waals surface area contributed by atoms with Crippen molar-refractivity contribution in [1.29, 1.82) is 0 Å². The lowest BCUT2D eigenvalue weighted by molar-refractivity contribution is -0.120. The Morgan fingerprint density at radius 3 is 2.58 bits per heavy atom. The number of nitrogens with zero attached hydrogens (tertiary/aromatic N) is 1. The first-order valence-corrected chi connectivity index (χ1v) is 11.7. The minimum Gasteiger partial charge on any atom is -0.497 e. The van der Waals surface area contributed by atoms with Gasteiger partial charge in [-0.25, -0.2) is 5.43 Å². The van der Waals surface area contributed by atoms with Gasteiger partial charge in [0, 0.05) is 10.6 Å². The van der Waals surface area contributed by atoms with Crippen LogP contribution in [0.25, 0.3) is 0 Å². The monoisotopic (exact) mass is 578 g/mol. The zero-order valence-electron chi connectivity index (χ0n) is 18.3. The van der Waals surface area contributed by atoms with Crippen LogP contribution in [0.4, 0.5) is 0 Å². The van der Waals surface area contributed by atoms with Crippen molar-refractivity contribution in [2.45, 2.75) is 20.0 Å². The van der Waals surface area contributed by atoms with Crippen LogP contribution < -0.4 is 19.6 Å². The third-order valence-corrected chi connectivity index (χ3v) is 5.76. The number of halogens is 2. The van der Waals surface area contributed by atoms with Gasteiger partial charge in [0.2, 0.25) is 5.91 Å². The van der Waals surface area contributed by atoms with Crippen LogP contribution >= 0.6 is 34.2 Å². The van der Waals surface area contributed by atoms with Gasteiger partial charge in [0.1, 0.15) is 12.4 Å². The predicted molar refractivity (Wildman–Crippen MR) is 139 cm³/mol. The third-order valence-electron chi connectivity index (χ3n) is 4.59. The molecule has 0 saturated carbocycles. The smallest absolute Gasteiger partial charge is 0.244 e. The Morgan fingerprint density at radius 1 is 1.12 bits per heavy atom. The molecule has 1 N–H and O–H groups in total. The van der Waals surface area contributed by atoms with E-state index >= 15 is 0 Å². The molecular weight excluding hydrogens is 555 g/mol. The second-order valence-electron chi connectivity index (χ2n) is 6.96. The van der Waals surface area contributed by atoms with Gasteiger partial charge in [-0.05, 0) is 71.0 Å². The van der Waals surface area contributed by atoms with Gasteiger partial charge in [-0.2, -0.15) is 5.10 Å². The molecule has 0 bridgehead atoms. The van der Waals surface area contributed by atoms with E-state index in [9.17, 15) is 4.79 Å². The van der Waals surface area contributed by atoms with Crippen LogP contribution in [0, 0.1) is 3.57 Å². The van der Waals surface area contributed by atoms with E-state index < -0.39 is 0 Å². The number of carbonyl (C=O) groups excluding carboxylic acids is 1. The minimum atomic E-state index is -0.212. The van der Waals surface area contributed by atoms with Crippen molar-refractivity contribution in [2.24, 2.45) is 5.10 Å². The van der Waals surface area contributed by atoms with Crippen LogP contribution in [0.5, 0.6) is 17.2 Å². The molecule has 0 spiro atoms. The number of benzene rings is 3. The van der Waals surface area contributed by atoms with E-state index in [0.717, 1.165) is 26.0 Å². The maximum Gasteiger partial charge on any atom is 0.244 e.